The number of esters is 1. The molecule has 41 heavy (non-hydrogen) atoms. The van der Waals surface area contributed by atoms with Gasteiger partial charge >= 0.3 is 24.2 Å². The average Bonchev–Trinajstić information content (AvgIpc) is 3.44. The van der Waals surface area contributed by atoms with Crippen molar-refractivity contribution in [2.24, 2.45) is 0 Å². The van der Waals surface area contributed by atoms with E-state index in [2.05, 4.69) is 24.7 Å². The Morgan fingerprint density at radius 1 is 1.05 bits per heavy atom. The first-order valence-electron chi connectivity index (χ1n) is 11.3. The van der Waals surface area contributed by atoms with Crippen LogP contribution in [0.4, 0.5) is 26.3 Å². The Bertz CT molecular complexity index is 1610. The van der Waals surface area contributed by atoms with Crippen molar-refractivity contribution in [3.8, 4) is 22.8 Å². The van der Waals surface area contributed by atoms with E-state index in [0.717, 1.165) is 19.2 Å². The van der Waals surface area contributed by atoms with Crippen LogP contribution in [-0.4, -0.2) is 65.9 Å². The fourth-order valence-corrected chi connectivity index (χ4v) is 3.71. The second kappa shape index (κ2) is 11.2. The van der Waals surface area contributed by atoms with Gasteiger partial charge in [-0.25, -0.2) is 23.9 Å². The van der Waals surface area contributed by atoms with E-state index in [-0.39, 0.29) is 27.9 Å². The van der Waals surface area contributed by atoms with E-state index < -0.39 is 55.0 Å². The highest BCUT2D eigenvalue weighted by atomic mass is 35.5. The summed E-state index contributed by atoms with van der Waals surface area (Å²) >= 11 is 5.87. The fraction of sp³-hybridized carbons (Fsp3) is 0.261. The van der Waals surface area contributed by atoms with Crippen LogP contribution in [0.15, 0.2) is 53.3 Å². The van der Waals surface area contributed by atoms with Crippen molar-refractivity contribution in [1.29, 1.82) is 0 Å². The summed E-state index contributed by atoms with van der Waals surface area (Å²) in [5.41, 5.74) is -1.31. The van der Waals surface area contributed by atoms with E-state index in [0.29, 0.717) is 13.9 Å². The molecule has 0 aliphatic heterocycles. The number of para-hydroxylation sites is 2. The van der Waals surface area contributed by atoms with Crippen molar-refractivity contribution in [1.82, 2.24) is 29.1 Å². The molecule has 2 aromatic heterocycles. The number of carbonyl (C=O) groups excluding carboxylic acids is 1. The molecule has 18 heteroatoms. The summed E-state index contributed by atoms with van der Waals surface area (Å²) in [6.45, 7) is -1.86. The van der Waals surface area contributed by atoms with Crippen LogP contribution >= 0.6 is 11.6 Å². The summed E-state index contributed by atoms with van der Waals surface area (Å²) in [6.07, 6.45) is -13.1. The lowest BCUT2D eigenvalue weighted by atomic mass is 10.2. The lowest BCUT2D eigenvalue weighted by Gasteiger charge is -2.15. The van der Waals surface area contributed by atoms with Gasteiger partial charge in [-0.2, -0.15) is 13.2 Å². The Kier molecular flexibility index (Phi) is 8.12. The first-order valence-corrected chi connectivity index (χ1v) is 11.6. The molecule has 0 fully saturated rings. The number of aliphatic hydroxyl groups excluding tert-OH is 1. The fourth-order valence-electron chi connectivity index (χ4n) is 3.59. The Hall–Kier alpha value is -4.38. The third kappa shape index (κ3) is 6.68. The summed E-state index contributed by atoms with van der Waals surface area (Å²) in [7, 11) is 0.982. The monoisotopic (exact) mass is 606 g/mol. The number of benzene rings is 2. The van der Waals surface area contributed by atoms with Gasteiger partial charge in [-0.05, 0) is 36.4 Å². The largest absolute Gasteiger partial charge is 0.573 e. The Labute approximate surface area is 230 Å². The summed E-state index contributed by atoms with van der Waals surface area (Å²) in [6, 6.07) is 10.2. The van der Waals surface area contributed by atoms with Crippen LogP contribution < -0.4 is 10.4 Å². The van der Waals surface area contributed by atoms with Crippen molar-refractivity contribution in [3.05, 3.63) is 75.7 Å². The van der Waals surface area contributed by atoms with Crippen LogP contribution in [0.3, 0.4) is 0 Å². The van der Waals surface area contributed by atoms with Gasteiger partial charge in [0.1, 0.15) is 12.2 Å². The number of hydrogen-bond donors (Lipinski definition) is 1. The van der Waals surface area contributed by atoms with Crippen LogP contribution in [0.5, 0.6) is 5.75 Å². The molecule has 0 aliphatic carbocycles. The number of rotatable bonds is 8. The number of nitrogens with zero attached hydrogens (tertiary/aromatic N) is 6. The summed E-state index contributed by atoms with van der Waals surface area (Å²) in [5.74, 6) is -3.07. The number of hydrogen-bond acceptors (Lipinski definition) is 8. The lowest BCUT2D eigenvalue weighted by Crippen LogP contribution is -2.37. The maximum absolute atomic E-state index is 13.1. The first-order chi connectivity index (χ1) is 19.2. The Morgan fingerprint density at radius 3 is 2.32 bits per heavy atom. The molecular weight excluding hydrogens is 590 g/mol. The molecule has 0 bridgehead atoms. The maximum atomic E-state index is 13.1. The van der Waals surface area contributed by atoms with Crippen LogP contribution in [-0.2, 0) is 17.8 Å². The molecule has 1 unspecified atom stereocenters. The molecule has 0 aliphatic rings. The van der Waals surface area contributed by atoms with Gasteiger partial charge in [0.05, 0.1) is 13.7 Å². The number of alkyl halides is 6. The molecule has 0 spiro atoms. The van der Waals surface area contributed by atoms with E-state index in [4.69, 9.17) is 11.6 Å². The average molecular weight is 607 g/mol. The summed E-state index contributed by atoms with van der Waals surface area (Å²) < 4.78 is 88.8. The number of carbonyl (C=O) groups is 1. The lowest BCUT2D eigenvalue weighted by molar-refractivity contribution is -0.274. The van der Waals surface area contributed by atoms with E-state index in [1.54, 1.807) is 0 Å². The van der Waals surface area contributed by atoms with E-state index in [1.807, 2.05) is 0 Å². The highest BCUT2D eigenvalue weighted by Gasteiger charge is 2.39. The van der Waals surface area contributed by atoms with Crippen LogP contribution in [0.25, 0.3) is 17.1 Å². The summed E-state index contributed by atoms with van der Waals surface area (Å²) in [4.78, 5) is 29.4. The zero-order chi connectivity index (χ0) is 30.1. The zero-order valence-electron chi connectivity index (χ0n) is 20.5. The molecule has 4 aromatic rings. The van der Waals surface area contributed by atoms with E-state index >= 15 is 0 Å². The molecule has 4 rings (SSSR count). The van der Waals surface area contributed by atoms with Gasteiger partial charge in [0, 0.05) is 10.6 Å². The van der Waals surface area contributed by atoms with Crippen LogP contribution in [0, 0.1) is 0 Å². The minimum Gasteiger partial charge on any atom is -0.463 e. The highest BCUT2D eigenvalue weighted by molar-refractivity contribution is 6.30. The quantitative estimate of drug-likeness (QED) is 0.238. The predicted octanol–water partition coefficient (Wildman–Crippen LogP) is 3.60. The molecule has 1 atom stereocenters. The minimum atomic E-state index is -5.09. The SMILES string of the molecule is COC(=O)c1nc(Cn2nc(-c3ccc(Cl)cc3)n(CC(O)C(F)(F)F)c2=O)nn1-c1ccccc1OC(F)(F)F. The first kappa shape index (κ1) is 29.6. The Morgan fingerprint density at radius 2 is 1.71 bits per heavy atom. The summed E-state index contributed by atoms with van der Waals surface area (Å²) in [5, 5.41) is 18.0. The topological polar surface area (TPSA) is 126 Å². The molecule has 0 saturated heterocycles. The highest BCUT2D eigenvalue weighted by Crippen LogP contribution is 2.29. The molecule has 2 aromatic carbocycles. The zero-order valence-corrected chi connectivity index (χ0v) is 21.3. The standard InChI is InChI=1S/C23H17ClF6N6O5/c1-40-20(38)19-31-17(32-36(19)14-4-2-3-5-15(14)41-23(28,29)30)11-35-21(39)34(10-16(37)22(25,26)27)18(33-35)12-6-8-13(24)9-7-12/h2-9,16,37H,10-11H2,1H3. The number of aromatic nitrogens is 6. The van der Waals surface area contributed by atoms with Crippen molar-refractivity contribution in [2.75, 3.05) is 7.11 Å². The molecule has 218 valence electrons. The van der Waals surface area contributed by atoms with Gasteiger partial charge in [-0.15, -0.1) is 23.4 Å². The molecular formula is C23H17ClF6N6O5. The molecule has 0 radical (unpaired) electrons. The number of aliphatic hydroxyl groups is 1. The maximum Gasteiger partial charge on any atom is 0.573 e. The van der Waals surface area contributed by atoms with Crippen molar-refractivity contribution in [3.63, 3.8) is 0 Å². The molecule has 0 saturated carbocycles. The van der Waals surface area contributed by atoms with Crippen LogP contribution in [0.2, 0.25) is 5.02 Å². The van der Waals surface area contributed by atoms with Crippen molar-refractivity contribution < 1.29 is 45.7 Å². The normalized spacial score (nSPS) is 12.8. The van der Waals surface area contributed by atoms with Gasteiger partial charge in [-0.3, -0.25) is 4.57 Å². The molecule has 2 heterocycles. The third-order valence-electron chi connectivity index (χ3n) is 5.39. The van der Waals surface area contributed by atoms with Crippen molar-refractivity contribution in [2.45, 2.75) is 31.7 Å². The van der Waals surface area contributed by atoms with Gasteiger partial charge in [0.2, 0.25) is 5.82 Å². The molecule has 11 nitrogen and oxygen atoms in total. The van der Waals surface area contributed by atoms with Gasteiger partial charge in [0.25, 0.3) is 0 Å². The minimum absolute atomic E-state index is 0.173. The van der Waals surface area contributed by atoms with Crippen molar-refractivity contribution >= 4 is 17.6 Å². The Balaban J connectivity index is 1.80. The van der Waals surface area contributed by atoms with E-state index in [1.165, 1.54) is 36.4 Å². The molecule has 0 amide bonds. The second-order valence-electron chi connectivity index (χ2n) is 8.21. The number of halogens is 7. The van der Waals surface area contributed by atoms with Gasteiger partial charge in [0.15, 0.2) is 23.5 Å². The predicted molar refractivity (Wildman–Crippen MR) is 127 cm³/mol. The number of methoxy groups -OCH3 is 1. The van der Waals surface area contributed by atoms with E-state index in [9.17, 15) is 41.0 Å². The number of ether oxygens (including phenoxy) is 2. The smallest absolute Gasteiger partial charge is 0.463 e. The van der Waals surface area contributed by atoms with Gasteiger partial charge < -0.3 is 14.6 Å². The second-order valence-corrected chi connectivity index (χ2v) is 8.65. The van der Waals surface area contributed by atoms with Gasteiger partial charge in [-0.1, -0.05) is 23.7 Å². The molecule has 1 N–H and O–H groups in total. The third-order valence-corrected chi connectivity index (χ3v) is 5.64. The van der Waals surface area contributed by atoms with Crippen LogP contribution in [0.1, 0.15) is 16.4 Å².